The number of aliphatic hydroxyl groups excluding tert-OH is 1. The highest BCUT2D eigenvalue weighted by Crippen LogP contribution is 2.54. The summed E-state index contributed by atoms with van der Waals surface area (Å²) in [6.07, 6.45) is 7.38. The van der Waals surface area contributed by atoms with E-state index in [1.807, 2.05) is 32.9 Å². The molecular formula is C19H28O2. The first kappa shape index (κ1) is 16.2. The molecule has 1 N–H and O–H groups in total. The Kier molecular flexibility index (Phi) is 4.57. The first-order chi connectivity index (χ1) is 9.77. The van der Waals surface area contributed by atoms with Crippen molar-refractivity contribution >= 4 is 5.78 Å². The van der Waals surface area contributed by atoms with Gasteiger partial charge in [-0.15, -0.1) is 0 Å². The quantitative estimate of drug-likeness (QED) is 0.781. The van der Waals surface area contributed by atoms with Gasteiger partial charge in [-0.2, -0.15) is 0 Å². The molecule has 2 aliphatic rings. The number of carbonyl (C=O) groups excluding carboxylic acids is 1. The van der Waals surface area contributed by atoms with Crippen LogP contribution >= 0.6 is 0 Å². The summed E-state index contributed by atoms with van der Waals surface area (Å²) < 4.78 is 0. The number of carbonyl (C=O) groups is 1. The molecule has 0 heterocycles. The zero-order valence-corrected chi connectivity index (χ0v) is 14.0. The third-order valence-electron chi connectivity index (χ3n) is 5.32. The minimum Gasteiger partial charge on any atom is -0.388 e. The van der Waals surface area contributed by atoms with Crippen LogP contribution in [0, 0.1) is 11.3 Å². The van der Waals surface area contributed by atoms with E-state index in [2.05, 4.69) is 13.8 Å². The molecule has 0 unspecified atom stereocenters. The molecule has 0 amide bonds. The molecule has 2 rings (SSSR count). The third kappa shape index (κ3) is 2.91. The maximum atomic E-state index is 12.7. The highest BCUT2D eigenvalue weighted by molar-refractivity contribution is 6.06. The van der Waals surface area contributed by atoms with E-state index >= 15 is 0 Å². The lowest BCUT2D eigenvalue weighted by Crippen LogP contribution is -2.26. The molecule has 0 aromatic carbocycles. The molecule has 2 aliphatic carbocycles. The average Bonchev–Trinajstić information content (AvgIpc) is 2.89. The smallest absolute Gasteiger partial charge is 0.169 e. The summed E-state index contributed by atoms with van der Waals surface area (Å²) in [6.45, 7) is 10.2. The number of rotatable bonds is 4. The molecule has 3 atom stereocenters. The average molecular weight is 288 g/mol. The lowest BCUT2D eigenvalue weighted by Gasteiger charge is -2.22. The van der Waals surface area contributed by atoms with Crippen LogP contribution in [0.5, 0.6) is 0 Å². The van der Waals surface area contributed by atoms with Gasteiger partial charge < -0.3 is 5.11 Å². The second-order valence-corrected chi connectivity index (χ2v) is 7.21. The van der Waals surface area contributed by atoms with Crippen LogP contribution in [0.25, 0.3) is 0 Å². The van der Waals surface area contributed by atoms with Gasteiger partial charge >= 0.3 is 0 Å². The molecule has 116 valence electrons. The van der Waals surface area contributed by atoms with Crippen LogP contribution in [-0.4, -0.2) is 17.0 Å². The van der Waals surface area contributed by atoms with Crippen LogP contribution in [0.3, 0.4) is 0 Å². The molecular weight excluding hydrogens is 260 g/mol. The van der Waals surface area contributed by atoms with Crippen molar-refractivity contribution in [1.82, 2.24) is 0 Å². The lowest BCUT2D eigenvalue weighted by atomic mass is 9.79. The minimum absolute atomic E-state index is 0.180. The molecule has 0 bridgehead atoms. The van der Waals surface area contributed by atoms with Crippen LogP contribution in [0.4, 0.5) is 0 Å². The topological polar surface area (TPSA) is 37.3 Å². The Hall–Kier alpha value is -1.15. The Bertz CT molecular complexity index is 532. The summed E-state index contributed by atoms with van der Waals surface area (Å²) in [6, 6.07) is 0. The molecule has 0 saturated heterocycles. The van der Waals surface area contributed by atoms with Crippen molar-refractivity contribution in [2.24, 2.45) is 11.3 Å². The Balaban J connectivity index is 2.22. The maximum absolute atomic E-state index is 12.7. The molecule has 0 aromatic rings. The van der Waals surface area contributed by atoms with Crippen molar-refractivity contribution in [3.63, 3.8) is 0 Å². The van der Waals surface area contributed by atoms with Crippen molar-refractivity contribution in [2.75, 3.05) is 0 Å². The van der Waals surface area contributed by atoms with Gasteiger partial charge in [-0.1, -0.05) is 30.6 Å². The molecule has 1 fully saturated rings. The van der Waals surface area contributed by atoms with Gasteiger partial charge in [0.25, 0.3) is 0 Å². The molecule has 2 nitrogen and oxygen atoms in total. The van der Waals surface area contributed by atoms with Crippen LogP contribution in [0.1, 0.15) is 60.3 Å². The molecule has 2 heteroatoms. The number of fused-ring (bicyclic) bond motifs is 1. The number of Topliss-reactive ketones (excluding diaryl/α,β-unsaturated/α-hetero) is 1. The van der Waals surface area contributed by atoms with E-state index in [1.165, 1.54) is 11.1 Å². The summed E-state index contributed by atoms with van der Waals surface area (Å²) in [5, 5.41) is 10.2. The SMILES string of the molecule is CC(C)=CC[C@H](O)/C(C)=C/C1=C(C)[C@@H]2CCC[C@]2(C)C1=O. The third-order valence-corrected chi connectivity index (χ3v) is 5.32. The minimum atomic E-state index is -0.499. The lowest BCUT2D eigenvalue weighted by molar-refractivity contribution is -0.123. The molecule has 1 saturated carbocycles. The molecule has 0 aliphatic heterocycles. The van der Waals surface area contributed by atoms with Gasteiger partial charge in [0.1, 0.15) is 0 Å². The Labute approximate surface area is 128 Å². The van der Waals surface area contributed by atoms with E-state index in [0.717, 1.165) is 30.4 Å². The van der Waals surface area contributed by atoms with Gasteiger partial charge in [0.15, 0.2) is 5.78 Å². The number of ketones is 1. The largest absolute Gasteiger partial charge is 0.388 e. The zero-order chi connectivity index (χ0) is 15.8. The highest BCUT2D eigenvalue weighted by atomic mass is 16.3. The van der Waals surface area contributed by atoms with Gasteiger partial charge in [-0.3, -0.25) is 4.79 Å². The first-order valence-corrected chi connectivity index (χ1v) is 8.02. The maximum Gasteiger partial charge on any atom is 0.169 e. The number of hydrogen-bond acceptors (Lipinski definition) is 2. The number of hydrogen-bond donors (Lipinski definition) is 1. The molecule has 0 radical (unpaired) electrons. The van der Waals surface area contributed by atoms with E-state index in [-0.39, 0.29) is 11.2 Å². The van der Waals surface area contributed by atoms with E-state index in [1.54, 1.807) is 0 Å². The summed E-state index contributed by atoms with van der Waals surface area (Å²) in [5.41, 5.74) is 4.00. The van der Waals surface area contributed by atoms with Crippen LogP contribution in [-0.2, 0) is 4.79 Å². The fraction of sp³-hybridized carbons (Fsp3) is 0.632. The Morgan fingerprint density at radius 1 is 1.43 bits per heavy atom. The van der Waals surface area contributed by atoms with Gasteiger partial charge in [-0.05, 0) is 64.5 Å². The second-order valence-electron chi connectivity index (χ2n) is 7.21. The molecule has 21 heavy (non-hydrogen) atoms. The predicted octanol–water partition coefficient (Wildman–Crippen LogP) is 4.36. The van der Waals surface area contributed by atoms with Crippen molar-refractivity contribution < 1.29 is 9.90 Å². The van der Waals surface area contributed by atoms with Gasteiger partial charge in [0.05, 0.1) is 6.10 Å². The fourth-order valence-corrected chi connectivity index (χ4v) is 3.84. The first-order valence-electron chi connectivity index (χ1n) is 8.02. The fourth-order valence-electron chi connectivity index (χ4n) is 3.84. The van der Waals surface area contributed by atoms with Gasteiger partial charge in [-0.25, -0.2) is 0 Å². The van der Waals surface area contributed by atoms with E-state index in [0.29, 0.717) is 12.3 Å². The summed E-state index contributed by atoms with van der Waals surface area (Å²) in [7, 11) is 0. The predicted molar refractivity (Wildman–Crippen MR) is 87.0 cm³/mol. The highest BCUT2D eigenvalue weighted by Gasteiger charge is 2.51. The standard InChI is InChI=1S/C19H28O2/c1-12(2)8-9-17(20)13(3)11-15-14(4)16-7-6-10-19(16,5)18(15)21/h8,11,16-17,20H,6-7,9-10H2,1-5H3/b13-11+/t16-,17-,19-/m0/s1. The van der Waals surface area contributed by atoms with Crippen molar-refractivity contribution in [2.45, 2.75) is 66.4 Å². The van der Waals surface area contributed by atoms with Crippen LogP contribution in [0.15, 0.2) is 34.4 Å². The van der Waals surface area contributed by atoms with Crippen molar-refractivity contribution in [3.8, 4) is 0 Å². The van der Waals surface area contributed by atoms with E-state index in [9.17, 15) is 9.90 Å². The van der Waals surface area contributed by atoms with E-state index < -0.39 is 6.10 Å². The zero-order valence-electron chi connectivity index (χ0n) is 14.0. The Morgan fingerprint density at radius 2 is 2.10 bits per heavy atom. The summed E-state index contributed by atoms with van der Waals surface area (Å²) in [5.74, 6) is 0.704. The molecule has 0 aromatic heterocycles. The van der Waals surface area contributed by atoms with Crippen LogP contribution < -0.4 is 0 Å². The van der Waals surface area contributed by atoms with E-state index in [4.69, 9.17) is 0 Å². The Morgan fingerprint density at radius 3 is 2.67 bits per heavy atom. The van der Waals surface area contributed by atoms with Crippen molar-refractivity contribution in [1.29, 1.82) is 0 Å². The summed E-state index contributed by atoms with van der Waals surface area (Å²) in [4.78, 5) is 12.7. The van der Waals surface area contributed by atoms with Gasteiger partial charge in [0.2, 0.25) is 0 Å². The monoisotopic (exact) mass is 288 g/mol. The second kappa shape index (κ2) is 5.92. The van der Waals surface area contributed by atoms with Crippen LogP contribution in [0.2, 0.25) is 0 Å². The normalized spacial score (nSPS) is 30.7. The molecule has 0 spiro atoms. The summed E-state index contributed by atoms with van der Waals surface area (Å²) >= 11 is 0. The van der Waals surface area contributed by atoms with Crippen molar-refractivity contribution in [3.05, 3.63) is 34.4 Å². The van der Waals surface area contributed by atoms with Gasteiger partial charge in [0, 0.05) is 11.0 Å². The number of aliphatic hydroxyl groups is 1. The number of allylic oxidation sites excluding steroid dienone is 4.